The third-order valence-electron chi connectivity index (χ3n) is 7.63. The zero-order valence-electron chi connectivity index (χ0n) is 18.0. The first-order chi connectivity index (χ1) is 10.6. The van der Waals surface area contributed by atoms with Crippen molar-refractivity contribution >= 4 is 16.6 Å². The Hall–Kier alpha value is 0.354. The summed E-state index contributed by atoms with van der Waals surface area (Å²) in [6.07, 6.45) is 6.69. The fourth-order valence-corrected chi connectivity index (χ4v) is 7.04. The topological polar surface area (TPSA) is 18.5 Å². The van der Waals surface area contributed by atoms with Gasteiger partial charge in [0.05, 0.1) is 11.7 Å². The van der Waals surface area contributed by atoms with E-state index in [0.717, 1.165) is 5.92 Å². The third-order valence-corrected chi connectivity index (χ3v) is 16.6. The Labute approximate surface area is 153 Å². The van der Waals surface area contributed by atoms with E-state index in [4.69, 9.17) is 8.85 Å². The van der Waals surface area contributed by atoms with E-state index in [2.05, 4.69) is 67.7 Å². The van der Waals surface area contributed by atoms with Crippen molar-refractivity contribution in [3.05, 3.63) is 0 Å². The Morgan fingerprint density at radius 3 is 1.83 bits per heavy atom. The molecule has 0 unspecified atom stereocenters. The van der Waals surface area contributed by atoms with Crippen LogP contribution in [-0.2, 0) is 8.85 Å². The predicted molar refractivity (Wildman–Crippen MR) is 110 cm³/mol. The van der Waals surface area contributed by atoms with Crippen molar-refractivity contribution in [2.24, 2.45) is 5.92 Å². The van der Waals surface area contributed by atoms with Crippen LogP contribution in [0.4, 0.5) is 0 Å². The summed E-state index contributed by atoms with van der Waals surface area (Å²) in [5.74, 6) is 0.724. The molecule has 0 spiro atoms. The second-order valence-electron chi connectivity index (χ2n) is 11.4. The van der Waals surface area contributed by atoms with Gasteiger partial charge in [0.2, 0.25) is 0 Å². The molecule has 142 valence electrons. The third kappa shape index (κ3) is 3.58. The molecule has 2 aliphatic rings. The minimum Gasteiger partial charge on any atom is -0.411 e. The maximum atomic E-state index is 7.18. The first-order valence-corrected chi connectivity index (χ1v) is 15.8. The minimum absolute atomic E-state index is 0.0124. The van der Waals surface area contributed by atoms with Crippen LogP contribution in [0.1, 0.15) is 73.6 Å². The second-order valence-corrected chi connectivity index (χ2v) is 20.8. The average molecular weight is 371 g/mol. The molecule has 0 aromatic carbocycles. The molecular formula is C20H42O2Si2. The normalized spacial score (nSPS) is 32.2. The van der Waals surface area contributed by atoms with Crippen LogP contribution in [0, 0.1) is 5.92 Å². The minimum atomic E-state index is -1.79. The zero-order valence-corrected chi connectivity index (χ0v) is 20.0. The second kappa shape index (κ2) is 6.21. The van der Waals surface area contributed by atoms with E-state index in [0.29, 0.717) is 6.10 Å². The number of hydrogen-bond acceptors (Lipinski definition) is 2. The van der Waals surface area contributed by atoms with Crippen molar-refractivity contribution in [3.8, 4) is 0 Å². The van der Waals surface area contributed by atoms with E-state index in [1.54, 1.807) is 0 Å². The van der Waals surface area contributed by atoms with E-state index in [-0.39, 0.29) is 15.7 Å². The van der Waals surface area contributed by atoms with Gasteiger partial charge in [0.15, 0.2) is 16.6 Å². The van der Waals surface area contributed by atoms with E-state index >= 15 is 0 Å². The Balaban J connectivity index is 2.29. The molecule has 0 radical (unpaired) electrons. The van der Waals surface area contributed by atoms with Crippen LogP contribution in [-0.4, -0.2) is 28.3 Å². The molecule has 0 aliphatic heterocycles. The average Bonchev–Trinajstić information content (AvgIpc) is 2.86. The quantitative estimate of drug-likeness (QED) is 0.511. The van der Waals surface area contributed by atoms with Crippen LogP contribution in [0.5, 0.6) is 0 Å². The van der Waals surface area contributed by atoms with Crippen LogP contribution in [0.15, 0.2) is 0 Å². The molecule has 2 nitrogen and oxygen atoms in total. The molecule has 0 N–H and O–H groups in total. The van der Waals surface area contributed by atoms with Crippen molar-refractivity contribution in [2.45, 2.75) is 122 Å². The van der Waals surface area contributed by atoms with E-state index in [9.17, 15) is 0 Å². The standard InChI is InChI=1S/C20H42O2Si2/c1-18(2,3)23(7,8)21-17-14-13-16-12-11-15-20(16,17)22-24(9,10)19(4,5)6/h16-17H,11-15H2,1-10H3/t16-,17+,20+/m0/s1. The lowest BCUT2D eigenvalue weighted by Gasteiger charge is -2.49. The van der Waals surface area contributed by atoms with Crippen molar-refractivity contribution < 1.29 is 8.85 Å². The first kappa shape index (κ1) is 20.7. The summed E-state index contributed by atoms with van der Waals surface area (Å²) in [5.41, 5.74) is 0.0124. The number of hydrogen-bond donors (Lipinski definition) is 0. The van der Waals surface area contributed by atoms with Crippen LogP contribution < -0.4 is 0 Å². The summed E-state index contributed by atoms with van der Waals surface area (Å²) in [4.78, 5) is 0. The molecule has 2 saturated carbocycles. The van der Waals surface area contributed by atoms with Crippen LogP contribution in [0.2, 0.25) is 36.3 Å². The van der Waals surface area contributed by atoms with Gasteiger partial charge < -0.3 is 8.85 Å². The highest BCUT2D eigenvalue weighted by molar-refractivity contribution is 6.74. The van der Waals surface area contributed by atoms with Crippen LogP contribution in [0.25, 0.3) is 0 Å². The predicted octanol–water partition coefficient (Wildman–Crippen LogP) is 6.73. The molecular weight excluding hydrogens is 328 g/mol. The summed E-state index contributed by atoms with van der Waals surface area (Å²) >= 11 is 0. The molecule has 3 atom stereocenters. The van der Waals surface area contributed by atoms with Crippen molar-refractivity contribution in [3.63, 3.8) is 0 Å². The fraction of sp³-hybridized carbons (Fsp3) is 1.00. The lowest BCUT2D eigenvalue weighted by atomic mass is 9.93. The molecule has 2 rings (SSSR count). The Bertz CT molecular complexity index is 459. The summed E-state index contributed by atoms with van der Waals surface area (Å²) in [6, 6.07) is 0. The van der Waals surface area contributed by atoms with Gasteiger partial charge in [0.1, 0.15) is 0 Å². The van der Waals surface area contributed by atoms with Crippen molar-refractivity contribution in [1.82, 2.24) is 0 Å². The molecule has 2 aliphatic carbocycles. The summed E-state index contributed by atoms with van der Waals surface area (Å²) in [6.45, 7) is 23.8. The number of rotatable bonds is 4. The van der Waals surface area contributed by atoms with Crippen molar-refractivity contribution in [2.75, 3.05) is 0 Å². The number of fused-ring (bicyclic) bond motifs is 1. The summed E-state index contributed by atoms with van der Waals surface area (Å²) in [5, 5.41) is 0.529. The largest absolute Gasteiger partial charge is 0.411 e. The van der Waals surface area contributed by atoms with E-state index in [1.165, 1.54) is 32.1 Å². The molecule has 0 saturated heterocycles. The Kier molecular flexibility index (Phi) is 5.35. The maximum Gasteiger partial charge on any atom is 0.192 e. The van der Waals surface area contributed by atoms with Gasteiger partial charge in [-0.3, -0.25) is 0 Å². The highest BCUT2D eigenvalue weighted by atomic mass is 28.4. The smallest absolute Gasteiger partial charge is 0.192 e. The summed E-state index contributed by atoms with van der Waals surface area (Å²) in [7, 11) is -3.56. The lowest BCUT2D eigenvalue weighted by Crippen LogP contribution is -2.57. The van der Waals surface area contributed by atoms with Gasteiger partial charge >= 0.3 is 0 Å². The molecule has 24 heavy (non-hydrogen) atoms. The molecule has 0 aromatic rings. The fourth-order valence-electron chi connectivity index (χ4n) is 4.00. The van der Waals surface area contributed by atoms with E-state index < -0.39 is 16.6 Å². The van der Waals surface area contributed by atoms with E-state index in [1.807, 2.05) is 0 Å². The Morgan fingerprint density at radius 2 is 1.33 bits per heavy atom. The molecule has 4 heteroatoms. The lowest BCUT2D eigenvalue weighted by molar-refractivity contribution is -0.0496. The van der Waals surface area contributed by atoms with Gasteiger partial charge in [0.25, 0.3) is 0 Å². The zero-order chi connectivity index (χ0) is 18.6. The highest BCUT2D eigenvalue weighted by Crippen LogP contribution is 2.56. The van der Waals surface area contributed by atoms with Gasteiger partial charge in [-0.25, -0.2) is 0 Å². The molecule has 0 bridgehead atoms. The van der Waals surface area contributed by atoms with Gasteiger partial charge in [0, 0.05) is 0 Å². The first-order valence-electron chi connectivity index (χ1n) is 10.0. The van der Waals surface area contributed by atoms with Crippen LogP contribution >= 0.6 is 0 Å². The van der Waals surface area contributed by atoms with Gasteiger partial charge in [-0.2, -0.15) is 0 Å². The monoisotopic (exact) mass is 370 g/mol. The molecule has 2 fully saturated rings. The summed E-state index contributed by atoms with van der Waals surface area (Å²) < 4.78 is 14.2. The van der Waals surface area contributed by atoms with Crippen LogP contribution in [0.3, 0.4) is 0 Å². The molecule has 0 amide bonds. The van der Waals surface area contributed by atoms with Crippen molar-refractivity contribution in [1.29, 1.82) is 0 Å². The SMILES string of the molecule is CC(C)(C)[Si](C)(C)O[C@@H]1CC[C@@H]2CCC[C@@]21O[Si](C)(C)C(C)(C)C. The molecule has 0 aromatic heterocycles. The highest BCUT2D eigenvalue weighted by Gasteiger charge is 2.59. The maximum absolute atomic E-state index is 7.18. The van der Waals surface area contributed by atoms with Gasteiger partial charge in [-0.05, 0) is 67.9 Å². The Morgan fingerprint density at radius 1 is 0.792 bits per heavy atom. The molecule has 0 heterocycles. The van der Waals surface area contributed by atoms with Gasteiger partial charge in [-0.1, -0.05) is 48.0 Å². The van der Waals surface area contributed by atoms with Gasteiger partial charge in [-0.15, -0.1) is 0 Å².